The number of hydrogen-bond acceptors (Lipinski definition) is 7. The van der Waals surface area contributed by atoms with E-state index >= 15 is 0 Å². The molecule has 8 nitrogen and oxygen atoms in total. The lowest BCUT2D eigenvalue weighted by Crippen LogP contribution is -2.15. The number of nitrogens with zero attached hydrogens (tertiary/aromatic N) is 5. The number of fused-ring (bicyclic) bond motifs is 1. The number of ether oxygens (including phenoxy) is 1. The van der Waals surface area contributed by atoms with E-state index in [1.54, 1.807) is 11.8 Å². The Labute approximate surface area is 141 Å². The number of aliphatic carboxylic acids is 1. The molecule has 24 heavy (non-hydrogen) atoms. The molecule has 124 valence electrons. The molecule has 0 saturated carbocycles. The molecule has 0 aliphatic carbocycles. The molecule has 0 radical (unpaired) electrons. The van der Waals surface area contributed by atoms with Gasteiger partial charge in [0.15, 0.2) is 11.2 Å². The summed E-state index contributed by atoms with van der Waals surface area (Å²) >= 11 is 1.15. The summed E-state index contributed by atoms with van der Waals surface area (Å²) in [6, 6.07) is 7.35. The maximum Gasteiger partial charge on any atom is 0.317 e. The zero-order chi connectivity index (χ0) is 17.1. The number of thioether (sulfide) groups is 1. The first kappa shape index (κ1) is 16.2. The van der Waals surface area contributed by atoms with Crippen LogP contribution in [-0.4, -0.2) is 48.4 Å². The molecule has 1 aromatic carbocycles. The third-order valence-electron chi connectivity index (χ3n) is 3.40. The lowest BCUT2D eigenvalue weighted by molar-refractivity contribution is -0.136. The van der Waals surface area contributed by atoms with E-state index in [-0.39, 0.29) is 0 Å². The van der Waals surface area contributed by atoms with E-state index in [0.29, 0.717) is 28.4 Å². The van der Waals surface area contributed by atoms with E-state index in [1.165, 1.54) is 6.33 Å². The molecule has 0 aliphatic rings. The Hall–Kier alpha value is -2.68. The van der Waals surface area contributed by atoms with Gasteiger partial charge in [0.1, 0.15) is 22.4 Å². The lowest BCUT2D eigenvalue weighted by Gasteiger charge is -2.08. The topological polar surface area (TPSA) is 103 Å². The molecule has 0 spiro atoms. The van der Waals surface area contributed by atoms with Crippen molar-refractivity contribution in [3.05, 3.63) is 30.6 Å². The molecule has 0 fully saturated rings. The van der Waals surface area contributed by atoms with Crippen molar-refractivity contribution in [2.75, 3.05) is 7.11 Å². The van der Waals surface area contributed by atoms with Gasteiger partial charge in [-0.05, 0) is 18.6 Å². The first-order chi connectivity index (χ1) is 11.6. The molecule has 2 heterocycles. The summed E-state index contributed by atoms with van der Waals surface area (Å²) in [5, 5.41) is 17.4. The quantitative estimate of drug-likeness (QED) is 0.535. The minimum atomic E-state index is -0.880. The van der Waals surface area contributed by atoms with Gasteiger partial charge in [0.05, 0.1) is 12.8 Å². The van der Waals surface area contributed by atoms with Crippen molar-refractivity contribution in [1.29, 1.82) is 0 Å². The van der Waals surface area contributed by atoms with E-state index in [2.05, 4.69) is 20.3 Å². The number of rotatable bonds is 6. The first-order valence-corrected chi connectivity index (χ1v) is 8.12. The van der Waals surface area contributed by atoms with Crippen molar-refractivity contribution in [3.8, 4) is 11.4 Å². The fourth-order valence-electron chi connectivity index (χ4n) is 2.17. The monoisotopic (exact) mass is 345 g/mol. The number of benzene rings is 1. The summed E-state index contributed by atoms with van der Waals surface area (Å²) in [7, 11) is 1.59. The second-order valence-corrected chi connectivity index (χ2v) is 6.10. The number of carboxylic acid groups (broad SMARTS) is 1. The van der Waals surface area contributed by atoms with Gasteiger partial charge in [-0.25, -0.2) is 9.97 Å². The average molecular weight is 345 g/mol. The van der Waals surface area contributed by atoms with Gasteiger partial charge in [0.25, 0.3) is 0 Å². The van der Waals surface area contributed by atoms with Crippen LogP contribution in [0.2, 0.25) is 0 Å². The Kier molecular flexibility index (Phi) is 4.61. The normalized spacial score (nSPS) is 12.2. The van der Waals surface area contributed by atoms with E-state index < -0.39 is 11.2 Å². The average Bonchev–Trinajstić information content (AvgIpc) is 3.04. The first-order valence-electron chi connectivity index (χ1n) is 7.24. The second-order valence-electron chi connectivity index (χ2n) is 4.91. The van der Waals surface area contributed by atoms with Crippen LogP contribution in [0.25, 0.3) is 16.9 Å². The van der Waals surface area contributed by atoms with Crippen LogP contribution >= 0.6 is 11.8 Å². The van der Waals surface area contributed by atoms with Crippen LogP contribution in [0.3, 0.4) is 0 Å². The SMILES string of the molecule is CC[C@@H](Sc1ncnc2c1nnn2-c1cccc(OC)c1)C(=O)O. The maximum atomic E-state index is 11.2. The molecule has 0 aliphatic heterocycles. The Balaban J connectivity index is 2.04. The predicted octanol–water partition coefficient (Wildman–Crippen LogP) is 2.17. The summed E-state index contributed by atoms with van der Waals surface area (Å²) in [5.74, 6) is -0.189. The number of methoxy groups -OCH3 is 1. The third-order valence-corrected chi connectivity index (χ3v) is 4.74. The summed E-state index contributed by atoms with van der Waals surface area (Å²) in [4.78, 5) is 19.7. The second kappa shape index (κ2) is 6.83. The number of hydrogen-bond donors (Lipinski definition) is 1. The van der Waals surface area contributed by atoms with Crippen molar-refractivity contribution < 1.29 is 14.6 Å². The maximum absolute atomic E-state index is 11.2. The van der Waals surface area contributed by atoms with Crippen molar-refractivity contribution in [2.45, 2.75) is 23.6 Å². The van der Waals surface area contributed by atoms with Crippen LogP contribution in [0, 0.1) is 0 Å². The van der Waals surface area contributed by atoms with E-state index in [4.69, 9.17) is 4.74 Å². The van der Waals surface area contributed by atoms with Crippen LogP contribution in [0.15, 0.2) is 35.6 Å². The highest BCUT2D eigenvalue weighted by Crippen LogP contribution is 2.29. The minimum Gasteiger partial charge on any atom is -0.497 e. The van der Waals surface area contributed by atoms with Crippen LogP contribution < -0.4 is 4.74 Å². The highest BCUT2D eigenvalue weighted by molar-refractivity contribution is 8.00. The van der Waals surface area contributed by atoms with Crippen molar-refractivity contribution in [1.82, 2.24) is 25.0 Å². The van der Waals surface area contributed by atoms with Crippen LogP contribution in [0.5, 0.6) is 5.75 Å². The zero-order valence-electron chi connectivity index (χ0n) is 13.1. The molecular formula is C15H15N5O3S. The van der Waals surface area contributed by atoms with Crippen LogP contribution in [-0.2, 0) is 4.79 Å². The molecular weight excluding hydrogens is 330 g/mol. The van der Waals surface area contributed by atoms with E-state index in [9.17, 15) is 9.90 Å². The third kappa shape index (κ3) is 3.02. The number of aromatic nitrogens is 5. The molecule has 0 bridgehead atoms. The van der Waals surface area contributed by atoms with E-state index in [1.807, 2.05) is 31.2 Å². The Morgan fingerprint density at radius 1 is 1.42 bits per heavy atom. The largest absolute Gasteiger partial charge is 0.497 e. The lowest BCUT2D eigenvalue weighted by atomic mass is 10.3. The number of carbonyl (C=O) groups is 1. The van der Waals surface area contributed by atoms with Crippen LogP contribution in [0.1, 0.15) is 13.3 Å². The molecule has 0 amide bonds. The van der Waals surface area contributed by atoms with Gasteiger partial charge < -0.3 is 9.84 Å². The predicted molar refractivity (Wildman–Crippen MR) is 88.6 cm³/mol. The molecule has 0 saturated heterocycles. The molecule has 3 rings (SSSR count). The summed E-state index contributed by atoms with van der Waals surface area (Å²) in [5.41, 5.74) is 1.74. The Morgan fingerprint density at radius 3 is 2.96 bits per heavy atom. The summed E-state index contributed by atoms with van der Waals surface area (Å²) < 4.78 is 6.79. The zero-order valence-corrected chi connectivity index (χ0v) is 13.9. The minimum absolute atomic E-state index is 0.477. The van der Waals surface area contributed by atoms with Gasteiger partial charge in [0, 0.05) is 6.07 Å². The van der Waals surface area contributed by atoms with Gasteiger partial charge in [-0.2, -0.15) is 4.68 Å². The van der Waals surface area contributed by atoms with Gasteiger partial charge in [-0.1, -0.05) is 30.0 Å². The fourth-order valence-corrected chi connectivity index (χ4v) is 3.06. The van der Waals surface area contributed by atoms with Crippen molar-refractivity contribution >= 4 is 28.9 Å². The number of carboxylic acids is 1. The molecule has 3 aromatic rings. The van der Waals surface area contributed by atoms with Gasteiger partial charge >= 0.3 is 5.97 Å². The molecule has 9 heteroatoms. The van der Waals surface area contributed by atoms with Crippen molar-refractivity contribution in [2.24, 2.45) is 0 Å². The summed E-state index contributed by atoms with van der Waals surface area (Å²) in [6.45, 7) is 1.82. The standard InChI is InChI=1S/C15H15N5O3S/c1-3-11(15(21)22)24-14-12-13(16-8-17-14)20(19-18-12)9-5-4-6-10(7-9)23-2/h4-8,11H,3H2,1-2H3,(H,21,22)/t11-/m1/s1. The van der Waals surface area contributed by atoms with Crippen LogP contribution in [0.4, 0.5) is 0 Å². The van der Waals surface area contributed by atoms with Gasteiger partial charge in [-0.15, -0.1) is 5.10 Å². The van der Waals surface area contributed by atoms with E-state index in [0.717, 1.165) is 17.4 Å². The molecule has 0 unspecified atom stereocenters. The molecule has 1 atom stereocenters. The Morgan fingerprint density at radius 2 is 2.25 bits per heavy atom. The summed E-state index contributed by atoms with van der Waals surface area (Å²) in [6.07, 6.45) is 1.87. The fraction of sp³-hybridized carbons (Fsp3) is 0.267. The van der Waals surface area contributed by atoms with Gasteiger partial charge in [0.2, 0.25) is 0 Å². The van der Waals surface area contributed by atoms with Gasteiger partial charge in [-0.3, -0.25) is 4.79 Å². The highest BCUT2D eigenvalue weighted by atomic mass is 32.2. The van der Waals surface area contributed by atoms with Crippen molar-refractivity contribution in [3.63, 3.8) is 0 Å². The molecule has 1 N–H and O–H groups in total. The Bertz CT molecular complexity index is 882. The highest BCUT2D eigenvalue weighted by Gasteiger charge is 2.21. The molecule has 2 aromatic heterocycles. The smallest absolute Gasteiger partial charge is 0.317 e.